The summed E-state index contributed by atoms with van der Waals surface area (Å²) in [5, 5.41) is 0.963. The molecule has 7 nitrogen and oxygen atoms in total. The molecule has 0 aliphatic heterocycles. The van der Waals surface area contributed by atoms with Gasteiger partial charge in [-0.15, -0.1) is 0 Å². The largest absolute Gasteiger partial charge is 0.482 e. The van der Waals surface area contributed by atoms with Crippen LogP contribution in [0.5, 0.6) is 5.75 Å². The van der Waals surface area contributed by atoms with Crippen molar-refractivity contribution in [3.8, 4) is 5.75 Å². The Morgan fingerprint density at radius 1 is 1.39 bits per heavy atom. The molecule has 1 heterocycles. The number of H-pyrrole nitrogens is 1. The Morgan fingerprint density at radius 2 is 2.09 bits per heavy atom. The van der Waals surface area contributed by atoms with Gasteiger partial charge in [-0.05, 0) is 31.9 Å². The number of hydrogen-bond acceptors (Lipinski definition) is 5. The van der Waals surface area contributed by atoms with Gasteiger partial charge < -0.3 is 15.5 Å². The number of aromatic nitrogens is 1. The second-order valence-corrected chi connectivity index (χ2v) is 7.99. The molecule has 0 spiro atoms. The van der Waals surface area contributed by atoms with Crippen molar-refractivity contribution >= 4 is 26.8 Å². The van der Waals surface area contributed by atoms with Crippen LogP contribution in [0.1, 0.15) is 19.4 Å². The van der Waals surface area contributed by atoms with Gasteiger partial charge in [-0.2, -0.15) is 0 Å². The monoisotopic (exact) mass is 339 g/mol. The maximum atomic E-state index is 11.5. The van der Waals surface area contributed by atoms with Crippen molar-refractivity contribution in [1.29, 1.82) is 0 Å². The van der Waals surface area contributed by atoms with Gasteiger partial charge in [-0.1, -0.05) is 12.1 Å². The quantitative estimate of drug-likeness (QED) is 0.723. The summed E-state index contributed by atoms with van der Waals surface area (Å²) >= 11 is 0. The van der Waals surface area contributed by atoms with Crippen LogP contribution < -0.4 is 15.2 Å². The lowest BCUT2D eigenvalue weighted by Crippen LogP contribution is -2.34. The lowest BCUT2D eigenvalue weighted by molar-refractivity contribution is -0.121. The number of aromatic amines is 1. The van der Waals surface area contributed by atoms with Crippen LogP contribution in [0.25, 0.3) is 10.9 Å². The Morgan fingerprint density at radius 3 is 2.70 bits per heavy atom. The highest BCUT2D eigenvalue weighted by molar-refractivity contribution is 7.89. The van der Waals surface area contributed by atoms with E-state index in [0.717, 1.165) is 22.7 Å². The fourth-order valence-corrected chi connectivity index (χ4v) is 2.79. The third-order valence-electron chi connectivity index (χ3n) is 3.07. The zero-order valence-corrected chi connectivity index (χ0v) is 14.2. The van der Waals surface area contributed by atoms with Crippen molar-refractivity contribution in [1.82, 2.24) is 9.71 Å². The van der Waals surface area contributed by atoms with Crippen LogP contribution >= 0.6 is 0 Å². The average molecular weight is 339 g/mol. The van der Waals surface area contributed by atoms with Gasteiger partial charge in [0.05, 0.1) is 11.8 Å². The SMILES string of the molecule is CC(C)(N)Cc1c[nH]c2c(OCC(=O)NS(C)(=O)=O)cccc12. The van der Waals surface area contributed by atoms with Crippen molar-refractivity contribution in [2.24, 2.45) is 5.73 Å². The molecule has 0 radical (unpaired) electrons. The minimum Gasteiger partial charge on any atom is -0.482 e. The smallest absolute Gasteiger partial charge is 0.271 e. The van der Waals surface area contributed by atoms with Crippen molar-refractivity contribution < 1.29 is 17.9 Å². The van der Waals surface area contributed by atoms with Gasteiger partial charge in [0.25, 0.3) is 5.91 Å². The van der Waals surface area contributed by atoms with E-state index in [1.807, 2.05) is 36.9 Å². The fourth-order valence-electron chi connectivity index (χ4n) is 2.32. The summed E-state index contributed by atoms with van der Waals surface area (Å²) in [5.41, 5.74) is 7.52. The van der Waals surface area contributed by atoms with Crippen molar-refractivity contribution in [2.75, 3.05) is 12.9 Å². The Balaban J connectivity index is 2.18. The first-order chi connectivity index (χ1) is 10.6. The lowest BCUT2D eigenvalue weighted by atomic mass is 9.96. The third-order valence-corrected chi connectivity index (χ3v) is 3.67. The third kappa shape index (κ3) is 4.97. The molecule has 4 N–H and O–H groups in total. The predicted molar refractivity (Wildman–Crippen MR) is 88.8 cm³/mol. The topological polar surface area (TPSA) is 114 Å². The van der Waals surface area contributed by atoms with E-state index in [1.165, 1.54) is 0 Å². The van der Waals surface area contributed by atoms with Crippen LogP contribution in [0.3, 0.4) is 0 Å². The van der Waals surface area contributed by atoms with Gasteiger partial charge >= 0.3 is 0 Å². The number of para-hydroxylation sites is 1. The minimum atomic E-state index is -3.59. The molecule has 1 amide bonds. The molecule has 0 unspecified atom stereocenters. The highest BCUT2D eigenvalue weighted by Gasteiger charge is 2.17. The zero-order valence-electron chi connectivity index (χ0n) is 13.3. The predicted octanol–water partition coefficient (Wildman–Crippen LogP) is 0.902. The van der Waals surface area contributed by atoms with Gasteiger partial charge in [-0.25, -0.2) is 8.42 Å². The number of nitrogens with one attached hydrogen (secondary N) is 2. The minimum absolute atomic E-state index is 0.346. The molecule has 23 heavy (non-hydrogen) atoms. The van der Waals surface area contributed by atoms with E-state index in [0.29, 0.717) is 12.2 Å². The van der Waals surface area contributed by atoms with Gasteiger partial charge in [0, 0.05) is 17.1 Å². The zero-order chi connectivity index (χ0) is 17.3. The Hall–Kier alpha value is -2.06. The molecule has 0 aliphatic carbocycles. The van der Waals surface area contributed by atoms with Gasteiger partial charge in [-0.3, -0.25) is 9.52 Å². The van der Waals surface area contributed by atoms with E-state index in [-0.39, 0.29) is 12.1 Å². The number of hydrogen-bond donors (Lipinski definition) is 3. The summed E-state index contributed by atoms with van der Waals surface area (Å²) in [6.45, 7) is 3.51. The molecule has 0 atom stereocenters. The van der Waals surface area contributed by atoms with Crippen molar-refractivity contribution in [2.45, 2.75) is 25.8 Å². The Kier molecular flexibility index (Phi) is 4.67. The number of fused-ring (bicyclic) bond motifs is 1. The summed E-state index contributed by atoms with van der Waals surface area (Å²) in [6, 6.07) is 5.47. The van der Waals surface area contributed by atoms with Crippen LogP contribution in [0.2, 0.25) is 0 Å². The molecule has 2 rings (SSSR count). The summed E-state index contributed by atoms with van der Waals surface area (Å²) in [4.78, 5) is 14.6. The first kappa shape index (κ1) is 17.3. The normalized spacial score (nSPS) is 12.3. The standard InChI is InChI=1S/C15H21N3O4S/c1-15(2,16)7-10-8-17-14-11(10)5-4-6-12(14)22-9-13(19)18-23(3,20)21/h4-6,8,17H,7,9,16H2,1-3H3,(H,18,19). The van der Waals surface area contributed by atoms with Crippen LogP contribution in [0.15, 0.2) is 24.4 Å². The van der Waals surface area contributed by atoms with E-state index in [4.69, 9.17) is 10.5 Å². The molecular weight excluding hydrogens is 318 g/mol. The molecule has 1 aromatic carbocycles. The maximum absolute atomic E-state index is 11.5. The molecule has 0 saturated heterocycles. The molecule has 8 heteroatoms. The van der Waals surface area contributed by atoms with E-state index in [9.17, 15) is 13.2 Å². The number of carbonyl (C=O) groups excluding carboxylic acids is 1. The first-order valence-electron chi connectivity index (χ1n) is 7.06. The van der Waals surface area contributed by atoms with Crippen LogP contribution in [0, 0.1) is 0 Å². The summed E-state index contributed by atoms with van der Waals surface area (Å²) in [6.07, 6.45) is 3.46. The van der Waals surface area contributed by atoms with E-state index in [2.05, 4.69) is 4.98 Å². The number of nitrogens with two attached hydrogens (primary N) is 1. The fraction of sp³-hybridized carbons (Fsp3) is 0.400. The highest BCUT2D eigenvalue weighted by Crippen LogP contribution is 2.28. The molecule has 126 valence electrons. The molecule has 2 aromatic rings. The number of amides is 1. The molecule has 1 aromatic heterocycles. The average Bonchev–Trinajstić information content (AvgIpc) is 2.76. The number of ether oxygens (including phenoxy) is 1. The van der Waals surface area contributed by atoms with Crippen LogP contribution in [-0.2, 0) is 21.2 Å². The molecule has 0 saturated carbocycles. The number of rotatable bonds is 6. The maximum Gasteiger partial charge on any atom is 0.271 e. The van der Waals surface area contributed by atoms with Crippen LogP contribution in [0.4, 0.5) is 0 Å². The van der Waals surface area contributed by atoms with E-state index >= 15 is 0 Å². The number of sulfonamides is 1. The Bertz CT molecular complexity index is 819. The second kappa shape index (κ2) is 6.21. The first-order valence-corrected chi connectivity index (χ1v) is 8.95. The van der Waals surface area contributed by atoms with Gasteiger partial charge in [0.2, 0.25) is 10.0 Å². The summed E-state index contributed by atoms with van der Waals surface area (Å²) in [5.74, 6) is -0.244. The number of benzene rings is 1. The molecule has 0 aliphatic rings. The van der Waals surface area contributed by atoms with Crippen LogP contribution in [-0.4, -0.2) is 37.7 Å². The lowest BCUT2D eigenvalue weighted by Gasteiger charge is -2.17. The number of carbonyl (C=O) groups is 1. The summed E-state index contributed by atoms with van der Waals surface area (Å²) < 4.78 is 29.3. The van der Waals surface area contributed by atoms with Gasteiger partial charge in [0.15, 0.2) is 6.61 Å². The van der Waals surface area contributed by atoms with E-state index in [1.54, 1.807) is 6.07 Å². The van der Waals surface area contributed by atoms with Crippen molar-refractivity contribution in [3.05, 3.63) is 30.0 Å². The second-order valence-electron chi connectivity index (χ2n) is 6.24. The highest BCUT2D eigenvalue weighted by atomic mass is 32.2. The molecule has 0 bridgehead atoms. The summed E-state index contributed by atoms with van der Waals surface area (Å²) in [7, 11) is -3.59. The van der Waals surface area contributed by atoms with Gasteiger partial charge in [0.1, 0.15) is 5.75 Å². The Labute approximate surface area is 135 Å². The molecule has 0 fully saturated rings. The van der Waals surface area contributed by atoms with E-state index < -0.39 is 15.9 Å². The van der Waals surface area contributed by atoms with Crippen molar-refractivity contribution in [3.63, 3.8) is 0 Å². The molecular formula is C15H21N3O4S.